The summed E-state index contributed by atoms with van der Waals surface area (Å²) in [6.07, 6.45) is 0. The third-order valence-electron chi connectivity index (χ3n) is 1.07. The second kappa shape index (κ2) is 6.78. The molecule has 1 atom stereocenters. The van der Waals surface area contributed by atoms with E-state index in [2.05, 4.69) is 16.0 Å². The minimum absolute atomic E-state index is 0.433. The number of nitrogens with two attached hydrogens (primary N) is 2. The van der Waals surface area contributed by atoms with Crippen molar-refractivity contribution in [1.82, 2.24) is 0 Å². The molecule has 0 aromatic heterocycles. The van der Waals surface area contributed by atoms with Crippen molar-refractivity contribution in [2.45, 2.75) is 30.7 Å². The molecule has 0 radical (unpaired) electrons. The molecule has 0 heterocycles. The summed E-state index contributed by atoms with van der Waals surface area (Å²) in [5, 5.41) is 16.6. The molecule has 0 fully saturated rings. The molecule has 0 amide bonds. The van der Waals surface area contributed by atoms with Crippen LogP contribution in [-0.4, -0.2) is 49.7 Å². The Balaban J connectivity index is 0. The summed E-state index contributed by atoms with van der Waals surface area (Å²) in [7, 11) is 0. The van der Waals surface area contributed by atoms with Gasteiger partial charge >= 0.3 is 54.9 Å². The van der Waals surface area contributed by atoms with Crippen LogP contribution in [0.2, 0.25) is 5.32 Å². The summed E-state index contributed by atoms with van der Waals surface area (Å²) in [6, 6.07) is -0.708. The zero-order valence-electron chi connectivity index (χ0n) is 8.10. The molecular weight excluding hydrogens is 255 g/mol. The Morgan fingerprint density at radius 2 is 1.71 bits per heavy atom. The number of aliphatic carboxylic acids is 2. The SMILES string of the molecule is CC(C)(N)C(=O)O.N[C@@H](C[SeH])C(=O)O. The molecule has 0 saturated carbocycles. The zero-order chi connectivity index (χ0) is 11.9. The third kappa shape index (κ3) is 9.47. The molecule has 0 saturated heterocycles. The fraction of sp³-hybridized carbons (Fsp3) is 0.714. The second-order valence-corrected chi connectivity index (χ2v) is 3.92. The number of rotatable bonds is 3. The standard InChI is InChI=1S/C4H9NO2.C3H7NO2Se/c1-4(2,5)3(6)7;4-2(1-7)3(5)6/h5H2,1-2H3,(H,6,7);2,7H,1,4H2,(H,5,6)/t;2-/m.0/s1. The van der Waals surface area contributed by atoms with Gasteiger partial charge in [0, 0.05) is 0 Å². The van der Waals surface area contributed by atoms with Crippen LogP contribution in [0.4, 0.5) is 0 Å². The minimum atomic E-state index is -1.08. The van der Waals surface area contributed by atoms with Crippen LogP contribution in [0.3, 0.4) is 0 Å². The van der Waals surface area contributed by atoms with E-state index in [4.69, 9.17) is 21.7 Å². The molecule has 0 rings (SSSR count). The van der Waals surface area contributed by atoms with Crippen molar-refractivity contribution >= 4 is 28.0 Å². The van der Waals surface area contributed by atoms with Crippen molar-refractivity contribution < 1.29 is 19.8 Å². The Hall–Kier alpha value is -0.621. The first-order chi connectivity index (χ1) is 6.12. The predicted octanol–water partition coefficient (Wildman–Crippen LogP) is -1.47. The van der Waals surface area contributed by atoms with E-state index in [0.29, 0.717) is 5.32 Å². The Labute approximate surface area is 90.5 Å². The van der Waals surface area contributed by atoms with E-state index in [1.165, 1.54) is 13.8 Å². The summed E-state index contributed by atoms with van der Waals surface area (Å²) in [5.41, 5.74) is 9.00. The molecule has 6 N–H and O–H groups in total. The molecule has 7 heteroatoms. The average Bonchev–Trinajstić information content (AvgIpc) is 2.02. The monoisotopic (exact) mass is 272 g/mol. The van der Waals surface area contributed by atoms with Crippen LogP contribution in [0, 0.1) is 0 Å². The summed E-state index contributed by atoms with van der Waals surface area (Å²) < 4.78 is 0. The first-order valence-electron chi connectivity index (χ1n) is 3.74. The molecule has 0 aromatic rings. The molecule has 0 spiro atoms. The molecule has 0 aliphatic carbocycles. The third-order valence-corrected chi connectivity index (χ3v) is 1.89. The van der Waals surface area contributed by atoms with Crippen molar-refractivity contribution in [3.8, 4) is 0 Å². The zero-order valence-corrected chi connectivity index (χ0v) is 9.97. The quantitative estimate of drug-likeness (QED) is 0.464. The molecule has 84 valence electrons. The number of hydrogen-bond donors (Lipinski definition) is 4. The molecule has 6 nitrogen and oxygen atoms in total. The van der Waals surface area contributed by atoms with Crippen LogP contribution in [-0.2, 0) is 9.59 Å². The topological polar surface area (TPSA) is 127 Å². The number of hydrogen-bond acceptors (Lipinski definition) is 4. The van der Waals surface area contributed by atoms with Crippen LogP contribution in [0.25, 0.3) is 0 Å². The van der Waals surface area contributed by atoms with Gasteiger partial charge in [0.1, 0.15) is 5.54 Å². The van der Waals surface area contributed by atoms with Crippen LogP contribution in [0.5, 0.6) is 0 Å². The van der Waals surface area contributed by atoms with Gasteiger partial charge in [0.2, 0.25) is 0 Å². The van der Waals surface area contributed by atoms with Gasteiger partial charge in [0.25, 0.3) is 0 Å². The van der Waals surface area contributed by atoms with Crippen molar-refractivity contribution in [2.75, 3.05) is 0 Å². The van der Waals surface area contributed by atoms with Crippen molar-refractivity contribution in [1.29, 1.82) is 0 Å². The molecule has 0 aliphatic rings. The van der Waals surface area contributed by atoms with Crippen molar-refractivity contribution in [2.24, 2.45) is 11.5 Å². The van der Waals surface area contributed by atoms with E-state index in [0.717, 1.165) is 0 Å². The van der Waals surface area contributed by atoms with Gasteiger partial charge in [-0.25, -0.2) is 0 Å². The van der Waals surface area contributed by atoms with Gasteiger partial charge in [-0.15, -0.1) is 0 Å². The van der Waals surface area contributed by atoms with E-state index in [9.17, 15) is 9.59 Å². The van der Waals surface area contributed by atoms with Gasteiger partial charge < -0.3 is 10.8 Å². The van der Waals surface area contributed by atoms with Crippen molar-refractivity contribution in [3.63, 3.8) is 0 Å². The summed E-state index contributed by atoms with van der Waals surface area (Å²) in [4.78, 5) is 19.7. The maximum absolute atomic E-state index is 9.90. The summed E-state index contributed by atoms with van der Waals surface area (Å²) >= 11 is 2.13. The molecule has 14 heavy (non-hydrogen) atoms. The van der Waals surface area contributed by atoms with E-state index in [1.807, 2.05) is 0 Å². The predicted molar refractivity (Wildman–Crippen MR) is 53.5 cm³/mol. The number of carboxylic acids is 2. The van der Waals surface area contributed by atoms with Crippen molar-refractivity contribution in [3.05, 3.63) is 0 Å². The first kappa shape index (κ1) is 15.8. The van der Waals surface area contributed by atoms with Crippen LogP contribution >= 0.6 is 0 Å². The van der Waals surface area contributed by atoms with E-state index >= 15 is 0 Å². The Morgan fingerprint density at radius 3 is 1.71 bits per heavy atom. The van der Waals surface area contributed by atoms with Crippen LogP contribution in [0.1, 0.15) is 13.8 Å². The number of carboxylic acid groups (broad SMARTS) is 2. The van der Waals surface area contributed by atoms with E-state index in [-0.39, 0.29) is 0 Å². The van der Waals surface area contributed by atoms with Gasteiger partial charge in [-0.2, -0.15) is 0 Å². The van der Waals surface area contributed by atoms with Crippen LogP contribution < -0.4 is 11.5 Å². The average molecular weight is 271 g/mol. The van der Waals surface area contributed by atoms with Gasteiger partial charge in [0.15, 0.2) is 0 Å². The first-order valence-corrected chi connectivity index (χ1v) is 5.07. The van der Waals surface area contributed by atoms with E-state index < -0.39 is 23.5 Å². The van der Waals surface area contributed by atoms with Gasteiger partial charge in [0.05, 0.1) is 0 Å². The normalized spacial score (nSPS) is 12.4. The summed E-state index contributed by atoms with van der Waals surface area (Å²) in [5.74, 6) is -1.92. The Kier molecular flexibility index (Phi) is 7.67. The molecule has 0 bridgehead atoms. The van der Waals surface area contributed by atoms with Gasteiger partial charge in [-0.3, -0.25) is 4.79 Å². The van der Waals surface area contributed by atoms with Gasteiger partial charge in [-0.05, 0) is 13.8 Å². The van der Waals surface area contributed by atoms with Gasteiger partial charge in [-0.1, -0.05) is 0 Å². The summed E-state index contributed by atoms with van der Waals surface area (Å²) in [6.45, 7) is 2.88. The fourth-order valence-corrected chi connectivity index (χ4v) is 0.406. The molecule has 0 aromatic carbocycles. The van der Waals surface area contributed by atoms with Crippen LogP contribution in [0.15, 0.2) is 0 Å². The second-order valence-electron chi connectivity index (χ2n) is 3.15. The maximum atomic E-state index is 9.90. The molecule has 0 unspecified atom stereocenters. The number of carbonyl (C=O) groups is 2. The Bertz CT molecular complexity index is 202. The fourth-order valence-electron chi connectivity index (χ4n) is 0.0781. The van der Waals surface area contributed by atoms with E-state index in [1.54, 1.807) is 0 Å². The molecule has 0 aliphatic heterocycles. The molecular formula is C7H16N2O4Se. The Morgan fingerprint density at radius 1 is 1.43 bits per heavy atom.